The molecule has 1 aromatic rings. The quantitative estimate of drug-likeness (QED) is 0.622. The van der Waals surface area contributed by atoms with E-state index in [2.05, 4.69) is 15.3 Å². The third-order valence-electron chi connectivity index (χ3n) is 2.04. The van der Waals surface area contributed by atoms with Crippen molar-refractivity contribution in [2.45, 2.75) is 12.2 Å². The number of hydrogen-bond donors (Lipinski definition) is 3. The van der Waals surface area contributed by atoms with Crippen LogP contribution in [0.3, 0.4) is 0 Å². The summed E-state index contributed by atoms with van der Waals surface area (Å²) in [5.74, 6) is 0.155. The van der Waals surface area contributed by atoms with E-state index in [1.807, 2.05) is 0 Å². The van der Waals surface area contributed by atoms with E-state index in [0.717, 1.165) is 0 Å². The number of aromatic nitrogens is 2. The number of rotatable bonds is 5. The maximum Gasteiger partial charge on any atom is 0.225 e. The number of ether oxygens (including phenoxy) is 1. The molecule has 0 aliphatic rings. The smallest absolute Gasteiger partial charge is 0.225 e. The molecule has 0 spiro atoms. The van der Waals surface area contributed by atoms with Gasteiger partial charge < -0.3 is 20.3 Å². The monoisotopic (exact) mass is 247 g/mol. The molecule has 2 atom stereocenters. The number of nitrogens with zero attached hydrogens (tertiary/aromatic N) is 2. The number of likely N-dealkylation sites (N-methyl/N-ethyl adjacent to an activating group) is 1. The Morgan fingerprint density at radius 3 is 2.81 bits per heavy atom. The van der Waals surface area contributed by atoms with Crippen LogP contribution < -0.4 is 10.1 Å². The zero-order chi connectivity index (χ0) is 12.1. The van der Waals surface area contributed by atoms with Crippen LogP contribution in [0.15, 0.2) is 6.20 Å². The van der Waals surface area contributed by atoms with Gasteiger partial charge in [0, 0.05) is 12.7 Å². The lowest BCUT2D eigenvalue weighted by atomic mass is 10.1. The molecule has 0 amide bonds. The molecule has 0 bridgehead atoms. The van der Waals surface area contributed by atoms with Crippen molar-refractivity contribution < 1.29 is 14.9 Å². The van der Waals surface area contributed by atoms with Gasteiger partial charge in [-0.1, -0.05) is 0 Å². The highest BCUT2D eigenvalue weighted by atomic mass is 35.5. The largest absolute Gasteiger partial charge is 0.481 e. The Morgan fingerprint density at radius 1 is 1.56 bits per heavy atom. The predicted octanol–water partition coefficient (Wildman–Crippen LogP) is -0.248. The van der Waals surface area contributed by atoms with Gasteiger partial charge in [0.25, 0.3) is 0 Å². The average molecular weight is 248 g/mol. The second-order valence-corrected chi connectivity index (χ2v) is 3.51. The standard InChI is InChI=1S/C9H14ClN3O3/c1-11-4-6(14)7(15)5-3-12-9(10)13-8(5)16-2/h3,6-7,11,14-15H,4H2,1-2H3. The van der Waals surface area contributed by atoms with E-state index in [1.54, 1.807) is 7.05 Å². The molecule has 90 valence electrons. The van der Waals surface area contributed by atoms with Crippen molar-refractivity contribution in [2.75, 3.05) is 20.7 Å². The molecule has 1 aromatic heterocycles. The summed E-state index contributed by atoms with van der Waals surface area (Å²) < 4.78 is 4.95. The number of aliphatic hydroxyl groups excluding tert-OH is 2. The zero-order valence-electron chi connectivity index (χ0n) is 9.01. The Kier molecular flexibility index (Phi) is 4.88. The summed E-state index contributed by atoms with van der Waals surface area (Å²) in [5, 5.41) is 22.2. The van der Waals surface area contributed by atoms with E-state index in [-0.39, 0.29) is 17.7 Å². The first kappa shape index (κ1) is 13.1. The van der Waals surface area contributed by atoms with Crippen molar-refractivity contribution in [3.63, 3.8) is 0 Å². The lowest BCUT2D eigenvalue weighted by Crippen LogP contribution is -2.30. The maximum absolute atomic E-state index is 9.83. The molecule has 7 heteroatoms. The van der Waals surface area contributed by atoms with Crippen LogP contribution in [-0.2, 0) is 0 Å². The summed E-state index contributed by atoms with van der Waals surface area (Å²) in [6.07, 6.45) is -0.763. The van der Waals surface area contributed by atoms with Gasteiger partial charge in [-0.3, -0.25) is 0 Å². The summed E-state index contributed by atoms with van der Waals surface area (Å²) in [6.45, 7) is 0.243. The minimum atomic E-state index is -1.13. The molecule has 1 heterocycles. The Bertz CT molecular complexity index is 351. The van der Waals surface area contributed by atoms with Crippen molar-refractivity contribution in [2.24, 2.45) is 0 Å². The van der Waals surface area contributed by atoms with Crippen LogP contribution in [0.25, 0.3) is 0 Å². The van der Waals surface area contributed by atoms with Crippen LogP contribution >= 0.6 is 11.6 Å². The predicted molar refractivity (Wildman–Crippen MR) is 58.5 cm³/mol. The minimum absolute atomic E-state index is 0.0240. The van der Waals surface area contributed by atoms with Crippen LogP contribution in [0.2, 0.25) is 5.28 Å². The first-order chi connectivity index (χ1) is 7.60. The molecule has 3 N–H and O–H groups in total. The third kappa shape index (κ3) is 3.02. The Labute approximate surface area is 98.3 Å². The normalized spacial score (nSPS) is 14.6. The van der Waals surface area contributed by atoms with Gasteiger partial charge in [0.15, 0.2) is 0 Å². The molecule has 16 heavy (non-hydrogen) atoms. The van der Waals surface area contributed by atoms with Gasteiger partial charge in [-0.05, 0) is 18.6 Å². The van der Waals surface area contributed by atoms with Gasteiger partial charge in [-0.2, -0.15) is 4.98 Å². The second-order valence-electron chi connectivity index (χ2n) is 3.17. The summed E-state index contributed by atoms with van der Waals surface area (Å²) in [6, 6.07) is 0. The van der Waals surface area contributed by atoms with Gasteiger partial charge in [0.1, 0.15) is 6.10 Å². The fraction of sp³-hybridized carbons (Fsp3) is 0.556. The molecule has 0 aliphatic carbocycles. The summed E-state index contributed by atoms with van der Waals surface area (Å²) >= 11 is 5.58. The first-order valence-electron chi connectivity index (χ1n) is 4.67. The molecule has 0 saturated heterocycles. The van der Waals surface area contributed by atoms with Crippen LogP contribution in [0.5, 0.6) is 5.88 Å². The number of halogens is 1. The molecule has 0 aliphatic heterocycles. The Hall–Kier alpha value is -0.950. The minimum Gasteiger partial charge on any atom is -0.481 e. The lowest BCUT2D eigenvalue weighted by Gasteiger charge is -2.18. The van der Waals surface area contributed by atoms with Gasteiger partial charge in [0.2, 0.25) is 11.2 Å². The van der Waals surface area contributed by atoms with E-state index < -0.39 is 12.2 Å². The fourth-order valence-corrected chi connectivity index (χ4v) is 1.38. The van der Waals surface area contributed by atoms with Crippen LogP contribution in [-0.4, -0.2) is 47.0 Å². The van der Waals surface area contributed by atoms with E-state index in [9.17, 15) is 10.2 Å². The van der Waals surface area contributed by atoms with Gasteiger partial charge in [0.05, 0.1) is 18.8 Å². The molecular formula is C9H14ClN3O3. The molecule has 0 aromatic carbocycles. The lowest BCUT2D eigenvalue weighted by molar-refractivity contribution is 0.0183. The average Bonchev–Trinajstić information content (AvgIpc) is 2.28. The van der Waals surface area contributed by atoms with Crippen molar-refractivity contribution >= 4 is 11.6 Å². The molecule has 0 saturated carbocycles. The van der Waals surface area contributed by atoms with Crippen molar-refractivity contribution in [3.05, 3.63) is 17.0 Å². The number of methoxy groups -OCH3 is 1. The van der Waals surface area contributed by atoms with E-state index in [0.29, 0.717) is 5.56 Å². The van der Waals surface area contributed by atoms with E-state index in [4.69, 9.17) is 16.3 Å². The second kappa shape index (κ2) is 5.95. The first-order valence-corrected chi connectivity index (χ1v) is 5.05. The number of hydrogen-bond acceptors (Lipinski definition) is 6. The zero-order valence-corrected chi connectivity index (χ0v) is 9.77. The molecule has 6 nitrogen and oxygen atoms in total. The molecule has 2 unspecified atom stereocenters. The van der Waals surface area contributed by atoms with E-state index in [1.165, 1.54) is 13.3 Å². The highest BCUT2D eigenvalue weighted by Crippen LogP contribution is 2.25. The maximum atomic E-state index is 9.83. The number of nitrogens with one attached hydrogen (secondary N) is 1. The van der Waals surface area contributed by atoms with E-state index >= 15 is 0 Å². The van der Waals surface area contributed by atoms with Crippen LogP contribution in [0, 0.1) is 0 Å². The van der Waals surface area contributed by atoms with Crippen molar-refractivity contribution in [3.8, 4) is 5.88 Å². The topological polar surface area (TPSA) is 87.5 Å². The Balaban J connectivity index is 2.93. The van der Waals surface area contributed by atoms with Crippen molar-refractivity contribution in [1.82, 2.24) is 15.3 Å². The van der Waals surface area contributed by atoms with Gasteiger partial charge in [-0.25, -0.2) is 4.98 Å². The van der Waals surface area contributed by atoms with Gasteiger partial charge in [-0.15, -0.1) is 0 Å². The Morgan fingerprint density at radius 2 is 2.25 bits per heavy atom. The fourth-order valence-electron chi connectivity index (χ4n) is 1.25. The SMILES string of the molecule is CNCC(O)C(O)c1cnc(Cl)nc1OC. The van der Waals surface area contributed by atoms with Crippen molar-refractivity contribution in [1.29, 1.82) is 0 Å². The van der Waals surface area contributed by atoms with Crippen LogP contribution in [0.1, 0.15) is 11.7 Å². The summed E-state index contributed by atoms with van der Waals surface area (Å²) in [7, 11) is 3.07. The number of aliphatic hydroxyl groups is 2. The molecular weight excluding hydrogens is 234 g/mol. The highest BCUT2D eigenvalue weighted by Gasteiger charge is 2.22. The molecule has 0 radical (unpaired) electrons. The summed E-state index contributed by atoms with van der Waals surface area (Å²) in [5.41, 5.74) is 0.301. The van der Waals surface area contributed by atoms with Crippen LogP contribution in [0.4, 0.5) is 0 Å². The molecule has 0 fully saturated rings. The molecule has 1 rings (SSSR count). The van der Waals surface area contributed by atoms with Gasteiger partial charge >= 0.3 is 0 Å². The third-order valence-corrected chi connectivity index (χ3v) is 2.22. The highest BCUT2D eigenvalue weighted by molar-refractivity contribution is 6.28. The summed E-state index contributed by atoms with van der Waals surface area (Å²) in [4.78, 5) is 7.53.